The van der Waals surface area contributed by atoms with Gasteiger partial charge in [-0.1, -0.05) is 170 Å². The number of carboxylic acid groups (broad SMARTS) is 1. The number of unbranched alkanes of at least 4 members (excludes halogenated alkanes) is 17. The Balaban J connectivity index is 4.41. The molecule has 0 bridgehead atoms. The van der Waals surface area contributed by atoms with Gasteiger partial charge in [0.15, 0.2) is 0 Å². The minimum atomic E-state index is -1.39. The van der Waals surface area contributed by atoms with Crippen LogP contribution >= 0.6 is 0 Å². The number of carbonyl (C=O) groups is 4. The highest BCUT2D eigenvalue weighted by Crippen LogP contribution is 2.18. The lowest BCUT2D eigenvalue weighted by molar-refractivity contribution is -0.150. The standard InChI is InChI=1S/C55H92N2O7/c1-3-5-7-9-11-13-15-17-19-20-21-22-23-24-26-28-30-32-34-39-43-47-54(61)64-50(44-40-36-33-31-29-27-25-18-16-14-12-10-8-6-4-2)45-41-37-35-38-42-46-52(59)56-48-53(60)57-51(49-58)55(62)63/h5,7,11,13,16-19,21-22,24,26-27,29,50-51,58H,3-4,6,8-10,12,14-15,20,23,25,28,30-49H2,1-2H3,(H,56,59)(H,57,60)(H,62,63)/b7-5-,13-11-,18-16-,19-17-,22-21-,26-24-,29-27-. The van der Waals surface area contributed by atoms with Crippen LogP contribution in [0.1, 0.15) is 213 Å². The van der Waals surface area contributed by atoms with Gasteiger partial charge >= 0.3 is 11.9 Å². The monoisotopic (exact) mass is 893 g/mol. The highest BCUT2D eigenvalue weighted by atomic mass is 16.5. The van der Waals surface area contributed by atoms with Crippen LogP contribution in [0.15, 0.2) is 85.1 Å². The molecule has 0 aliphatic rings. The fourth-order valence-corrected chi connectivity index (χ4v) is 7.01. The second-order valence-corrected chi connectivity index (χ2v) is 16.9. The number of amides is 2. The van der Waals surface area contributed by atoms with Gasteiger partial charge in [-0.25, -0.2) is 4.79 Å². The molecule has 0 heterocycles. The Hall–Kier alpha value is -3.98. The zero-order valence-corrected chi connectivity index (χ0v) is 40.5. The Kier molecular flexibility index (Phi) is 45.5. The topological polar surface area (TPSA) is 142 Å². The van der Waals surface area contributed by atoms with E-state index in [-0.39, 0.29) is 30.9 Å². The maximum atomic E-state index is 12.9. The molecule has 2 atom stereocenters. The molecule has 64 heavy (non-hydrogen) atoms. The Labute approximate surface area is 390 Å². The smallest absolute Gasteiger partial charge is 0.328 e. The van der Waals surface area contributed by atoms with Crippen LogP contribution in [0.4, 0.5) is 0 Å². The summed E-state index contributed by atoms with van der Waals surface area (Å²) in [5, 5.41) is 22.6. The Bertz CT molecular complexity index is 1350. The van der Waals surface area contributed by atoms with Crippen molar-refractivity contribution in [2.75, 3.05) is 13.2 Å². The van der Waals surface area contributed by atoms with Gasteiger partial charge in [-0.3, -0.25) is 14.4 Å². The first-order valence-corrected chi connectivity index (χ1v) is 25.5. The van der Waals surface area contributed by atoms with Gasteiger partial charge in [0.25, 0.3) is 0 Å². The van der Waals surface area contributed by atoms with Crippen molar-refractivity contribution < 1.29 is 34.1 Å². The Morgan fingerprint density at radius 3 is 1.36 bits per heavy atom. The van der Waals surface area contributed by atoms with Gasteiger partial charge in [0.05, 0.1) is 13.2 Å². The predicted octanol–water partition coefficient (Wildman–Crippen LogP) is 13.6. The fraction of sp³-hybridized carbons (Fsp3) is 0.673. The summed E-state index contributed by atoms with van der Waals surface area (Å²) in [6.45, 7) is 3.36. The number of carboxylic acids is 1. The second-order valence-electron chi connectivity index (χ2n) is 16.9. The fourth-order valence-electron chi connectivity index (χ4n) is 7.01. The summed E-state index contributed by atoms with van der Waals surface area (Å²) >= 11 is 0. The second kappa shape index (κ2) is 48.5. The quantitative estimate of drug-likeness (QED) is 0.0271. The molecule has 0 aromatic heterocycles. The van der Waals surface area contributed by atoms with Crippen LogP contribution in [0.25, 0.3) is 0 Å². The van der Waals surface area contributed by atoms with E-state index in [0.29, 0.717) is 12.8 Å². The molecule has 0 fully saturated rings. The van der Waals surface area contributed by atoms with Gasteiger partial charge in [-0.15, -0.1) is 0 Å². The predicted molar refractivity (Wildman–Crippen MR) is 268 cm³/mol. The number of hydrogen-bond acceptors (Lipinski definition) is 6. The zero-order valence-electron chi connectivity index (χ0n) is 40.5. The molecular weight excluding hydrogens is 801 g/mol. The van der Waals surface area contributed by atoms with E-state index < -0.39 is 24.5 Å². The molecule has 364 valence electrons. The Morgan fingerprint density at radius 2 is 0.891 bits per heavy atom. The molecule has 0 saturated heterocycles. The van der Waals surface area contributed by atoms with Crippen molar-refractivity contribution in [2.24, 2.45) is 0 Å². The summed E-state index contributed by atoms with van der Waals surface area (Å²) in [6, 6.07) is -1.39. The third kappa shape index (κ3) is 44.6. The Morgan fingerprint density at radius 1 is 0.484 bits per heavy atom. The van der Waals surface area contributed by atoms with Crippen LogP contribution in [0.5, 0.6) is 0 Å². The first-order valence-electron chi connectivity index (χ1n) is 25.5. The highest BCUT2D eigenvalue weighted by molar-refractivity contribution is 5.87. The van der Waals surface area contributed by atoms with E-state index in [4.69, 9.17) is 14.9 Å². The number of ether oxygens (including phenoxy) is 1. The zero-order chi connectivity index (χ0) is 46.8. The van der Waals surface area contributed by atoms with Crippen LogP contribution < -0.4 is 10.6 Å². The first kappa shape index (κ1) is 60.0. The van der Waals surface area contributed by atoms with Crippen molar-refractivity contribution in [3.8, 4) is 0 Å². The van der Waals surface area contributed by atoms with Crippen LogP contribution in [0, 0.1) is 0 Å². The molecule has 2 amide bonds. The average Bonchev–Trinajstić information content (AvgIpc) is 3.28. The first-order chi connectivity index (χ1) is 31.3. The van der Waals surface area contributed by atoms with E-state index >= 15 is 0 Å². The van der Waals surface area contributed by atoms with Crippen molar-refractivity contribution >= 4 is 23.8 Å². The molecular formula is C55H92N2O7. The van der Waals surface area contributed by atoms with Crippen molar-refractivity contribution in [3.05, 3.63) is 85.1 Å². The summed E-state index contributed by atoms with van der Waals surface area (Å²) in [4.78, 5) is 47.8. The molecule has 0 spiro atoms. The number of nitrogens with one attached hydrogen (secondary N) is 2. The average molecular weight is 893 g/mol. The third-order valence-electron chi connectivity index (χ3n) is 10.9. The number of esters is 1. The number of rotatable bonds is 45. The summed E-state index contributed by atoms with van der Waals surface area (Å²) < 4.78 is 6.05. The van der Waals surface area contributed by atoms with E-state index in [0.717, 1.165) is 128 Å². The van der Waals surface area contributed by atoms with Crippen LogP contribution in [0.3, 0.4) is 0 Å². The molecule has 0 aromatic carbocycles. The molecule has 0 rings (SSSR count). The number of aliphatic hydroxyl groups excluding tert-OH is 1. The third-order valence-corrected chi connectivity index (χ3v) is 10.9. The number of allylic oxidation sites excluding steroid dienone is 14. The number of carbonyl (C=O) groups excluding carboxylic acids is 3. The summed E-state index contributed by atoms with van der Waals surface area (Å²) in [6.07, 6.45) is 63.2. The number of aliphatic hydroxyl groups is 1. The van der Waals surface area contributed by atoms with E-state index in [2.05, 4.69) is 110 Å². The maximum absolute atomic E-state index is 12.9. The SMILES string of the molecule is CC/C=C\C/C=C\C/C=C\C/C=C\C/C=C\CCCCCCCC(=O)OC(CCCCC/C=C\C/C=C\CCCCCCC)CCCCCCCC(=O)NCC(=O)NC(CO)C(=O)O. The van der Waals surface area contributed by atoms with Gasteiger partial charge in [-0.05, 0) is 116 Å². The van der Waals surface area contributed by atoms with E-state index in [1.807, 2.05) is 0 Å². The molecule has 0 aromatic rings. The lowest BCUT2D eigenvalue weighted by Gasteiger charge is -2.18. The van der Waals surface area contributed by atoms with Crippen molar-refractivity contribution in [1.82, 2.24) is 10.6 Å². The lowest BCUT2D eigenvalue weighted by atomic mass is 10.0. The molecule has 2 unspecified atom stereocenters. The van der Waals surface area contributed by atoms with E-state index in [1.54, 1.807) is 0 Å². The maximum Gasteiger partial charge on any atom is 0.328 e. The summed E-state index contributed by atoms with van der Waals surface area (Å²) in [5.41, 5.74) is 0. The molecule has 9 nitrogen and oxygen atoms in total. The summed E-state index contributed by atoms with van der Waals surface area (Å²) in [7, 11) is 0. The van der Waals surface area contributed by atoms with Crippen molar-refractivity contribution in [2.45, 2.75) is 225 Å². The normalized spacial score (nSPS) is 13.2. The van der Waals surface area contributed by atoms with Crippen molar-refractivity contribution in [3.63, 3.8) is 0 Å². The summed E-state index contributed by atoms with van der Waals surface area (Å²) in [5.74, 6) is -2.34. The minimum Gasteiger partial charge on any atom is -0.480 e. The number of aliphatic carboxylic acids is 1. The van der Waals surface area contributed by atoms with Gasteiger partial charge in [0.1, 0.15) is 12.1 Å². The molecule has 0 saturated carbocycles. The minimum absolute atomic E-state index is 0.0536. The van der Waals surface area contributed by atoms with E-state index in [1.165, 1.54) is 51.4 Å². The molecule has 0 aliphatic heterocycles. The highest BCUT2D eigenvalue weighted by Gasteiger charge is 2.19. The van der Waals surface area contributed by atoms with Gasteiger partial charge in [0.2, 0.25) is 11.8 Å². The molecule has 0 aliphatic carbocycles. The van der Waals surface area contributed by atoms with Crippen molar-refractivity contribution in [1.29, 1.82) is 0 Å². The molecule has 4 N–H and O–H groups in total. The van der Waals surface area contributed by atoms with E-state index in [9.17, 15) is 19.2 Å². The van der Waals surface area contributed by atoms with Crippen LogP contribution in [-0.2, 0) is 23.9 Å². The van der Waals surface area contributed by atoms with Crippen LogP contribution in [0.2, 0.25) is 0 Å². The van der Waals surface area contributed by atoms with Gasteiger partial charge < -0.3 is 25.6 Å². The lowest BCUT2D eigenvalue weighted by Crippen LogP contribution is -2.47. The largest absolute Gasteiger partial charge is 0.480 e. The number of hydrogen-bond donors (Lipinski definition) is 4. The molecule has 9 heteroatoms. The van der Waals surface area contributed by atoms with Gasteiger partial charge in [0, 0.05) is 12.8 Å². The molecule has 0 radical (unpaired) electrons. The van der Waals surface area contributed by atoms with Crippen LogP contribution in [-0.4, -0.2) is 59.3 Å². The van der Waals surface area contributed by atoms with Gasteiger partial charge in [-0.2, -0.15) is 0 Å².